The van der Waals surface area contributed by atoms with Crippen LogP contribution in [0.15, 0.2) is 47.5 Å². The van der Waals surface area contributed by atoms with Gasteiger partial charge in [0.1, 0.15) is 18.4 Å². The van der Waals surface area contributed by atoms with Crippen molar-refractivity contribution in [1.29, 1.82) is 5.26 Å². The molecule has 0 saturated heterocycles. The molecular formula is C17H15ClN5O2+. The lowest BCUT2D eigenvalue weighted by molar-refractivity contribution is -0.296. The minimum atomic E-state index is -0.380. The molecule has 1 aliphatic rings. The topological polar surface area (TPSA) is 115 Å². The molecule has 126 valence electrons. The van der Waals surface area contributed by atoms with Crippen LogP contribution in [0.25, 0.3) is 0 Å². The molecule has 2 aromatic rings. The minimum Gasteiger partial charge on any atom is -0.507 e. The van der Waals surface area contributed by atoms with E-state index in [0.29, 0.717) is 22.6 Å². The number of aromatic hydroxyl groups is 1. The Morgan fingerprint density at radius 3 is 2.84 bits per heavy atom. The third kappa shape index (κ3) is 3.66. The fourth-order valence-electron chi connectivity index (χ4n) is 2.42. The van der Waals surface area contributed by atoms with Crippen molar-refractivity contribution < 1.29 is 14.5 Å². The second kappa shape index (κ2) is 7.57. The molecule has 0 saturated carbocycles. The Morgan fingerprint density at radius 2 is 2.12 bits per heavy atom. The van der Waals surface area contributed by atoms with E-state index in [1.165, 1.54) is 12.1 Å². The normalized spacial score (nSPS) is 13.4. The van der Waals surface area contributed by atoms with Crippen LogP contribution in [0.1, 0.15) is 17.5 Å². The summed E-state index contributed by atoms with van der Waals surface area (Å²) in [5.41, 5.74) is 4.44. The highest BCUT2D eigenvalue weighted by atomic mass is 35.5. The molecule has 1 heterocycles. The number of carbonyl (C=O) groups excluding carboxylic acids is 1. The first-order valence-corrected chi connectivity index (χ1v) is 7.15. The summed E-state index contributed by atoms with van der Waals surface area (Å²) in [7, 11) is 0. The van der Waals surface area contributed by atoms with Crippen LogP contribution in [0.2, 0.25) is 0 Å². The lowest BCUT2D eigenvalue weighted by Crippen LogP contribution is -2.33. The maximum absolute atomic E-state index is 11.6. The molecule has 0 atom stereocenters. The summed E-state index contributed by atoms with van der Waals surface area (Å²) in [4.78, 5) is 16.1. The van der Waals surface area contributed by atoms with Gasteiger partial charge in [-0.1, -0.05) is 12.1 Å². The number of carbonyl (C=O) groups is 1. The second-order valence-corrected chi connectivity index (χ2v) is 5.15. The number of halogens is 1. The molecule has 3 rings (SSSR count). The van der Waals surface area contributed by atoms with Gasteiger partial charge in [0.05, 0.1) is 17.2 Å². The highest BCUT2D eigenvalue weighted by Gasteiger charge is 2.31. The van der Waals surface area contributed by atoms with Gasteiger partial charge >= 0.3 is 5.84 Å². The summed E-state index contributed by atoms with van der Waals surface area (Å²) in [6.45, 7) is 0. The van der Waals surface area contributed by atoms with Crippen molar-refractivity contribution in [2.45, 2.75) is 6.42 Å². The van der Waals surface area contributed by atoms with Gasteiger partial charge in [-0.2, -0.15) is 9.84 Å². The van der Waals surface area contributed by atoms with Crippen LogP contribution < -0.4 is 11.3 Å². The Kier molecular flexibility index (Phi) is 5.49. The summed E-state index contributed by atoms with van der Waals surface area (Å²) in [5, 5.41) is 19.1. The molecule has 8 heteroatoms. The average Bonchev–Trinajstić information content (AvgIpc) is 2.94. The number of amides is 1. The zero-order chi connectivity index (χ0) is 17.1. The number of aliphatic imine (C=N–C) groups is 1. The van der Waals surface area contributed by atoms with Crippen LogP contribution >= 0.6 is 12.4 Å². The average molecular weight is 357 g/mol. The summed E-state index contributed by atoms with van der Waals surface area (Å²) in [6, 6.07) is 14.0. The van der Waals surface area contributed by atoms with Crippen LogP contribution in [0, 0.1) is 11.3 Å². The lowest BCUT2D eigenvalue weighted by Gasteiger charge is -2.03. The summed E-state index contributed by atoms with van der Waals surface area (Å²) in [6.07, 6.45) is 1.63. The number of nitriles is 1. The van der Waals surface area contributed by atoms with Gasteiger partial charge in [0, 0.05) is 0 Å². The standard InChI is InChI=1S/C17H13N5O2.ClH/c18-9-11-5-6-15(23)12(7-11)10-22-14-4-2-1-3-13(14)20-16(22)8-17(24)21-19;/h1-7,10H,8,19H2,(H,21,24);1H/p+1. The van der Waals surface area contributed by atoms with Crippen LogP contribution in [-0.4, -0.2) is 27.6 Å². The number of hydrazine groups is 1. The maximum atomic E-state index is 11.6. The van der Waals surface area contributed by atoms with Gasteiger partial charge in [-0.15, -0.1) is 12.4 Å². The first kappa shape index (κ1) is 18.1. The van der Waals surface area contributed by atoms with Crippen LogP contribution in [0.5, 0.6) is 5.75 Å². The highest BCUT2D eigenvalue weighted by molar-refractivity contribution is 6.02. The van der Waals surface area contributed by atoms with E-state index in [2.05, 4.69) is 10.4 Å². The lowest BCUT2D eigenvalue weighted by atomic mass is 10.1. The Morgan fingerprint density at radius 1 is 1.36 bits per heavy atom. The number of hydrogen-bond donors (Lipinski definition) is 3. The predicted octanol–water partition coefficient (Wildman–Crippen LogP) is 1.87. The largest absolute Gasteiger partial charge is 0.507 e. The Bertz CT molecular complexity index is 931. The number of phenols is 1. The fourth-order valence-corrected chi connectivity index (χ4v) is 2.42. The fraction of sp³-hybridized carbons (Fsp3) is 0.0588. The number of benzene rings is 2. The van der Waals surface area contributed by atoms with E-state index in [1.807, 2.05) is 30.3 Å². The summed E-state index contributed by atoms with van der Waals surface area (Å²) >= 11 is 0. The molecular weight excluding hydrogens is 342 g/mol. The third-order valence-electron chi connectivity index (χ3n) is 3.57. The Balaban J connectivity index is 0.00000225. The van der Waals surface area contributed by atoms with Gasteiger partial charge in [0.25, 0.3) is 0 Å². The molecule has 0 radical (unpaired) electrons. The molecule has 0 spiro atoms. The Hall–Kier alpha value is -3.21. The number of fused-ring (bicyclic) bond motifs is 1. The van der Waals surface area contributed by atoms with E-state index in [-0.39, 0.29) is 30.5 Å². The maximum Gasteiger partial charge on any atom is 0.314 e. The quantitative estimate of drug-likeness (QED) is 0.337. The molecule has 0 fully saturated rings. The van der Waals surface area contributed by atoms with Crippen LogP contribution in [0.4, 0.5) is 11.4 Å². The molecule has 0 aliphatic carbocycles. The van der Waals surface area contributed by atoms with Gasteiger partial charge in [0.15, 0.2) is 5.69 Å². The third-order valence-corrected chi connectivity index (χ3v) is 3.57. The number of para-hydroxylation sites is 2. The molecule has 1 aliphatic heterocycles. The zero-order valence-corrected chi connectivity index (χ0v) is 13.8. The monoisotopic (exact) mass is 356 g/mol. The van der Waals surface area contributed by atoms with Crippen molar-refractivity contribution in [2.24, 2.45) is 10.8 Å². The Labute approximate surface area is 150 Å². The van der Waals surface area contributed by atoms with E-state index in [4.69, 9.17) is 11.1 Å². The SMILES string of the molecule is Cl.N#Cc1ccc(O)c(C=[N+]2C(CC(=O)NN)=Nc3ccccc32)c1. The van der Waals surface area contributed by atoms with Gasteiger partial charge in [-0.3, -0.25) is 10.2 Å². The number of nitrogens with zero attached hydrogens (tertiary/aromatic N) is 3. The number of rotatable bonds is 3. The second-order valence-electron chi connectivity index (χ2n) is 5.15. The highest BCUT2D eigenvalue weighted by Crippen LogP contribution is 2.34. The predicted molar refractivity (Wildman–Crippen MR) is 95.6 cm³/mol. The van der Waals surface area contributed by atoms with Gasteiger partial charge in [0.2, 0.25) is 11.6 Å². The van der Waals surface area contributed by atoms with Crippen molar-refractivity contribution >= 4 is 41.7 Å². The summed E-state index contributed by atoms with van der Waals surface area (Å²) < 4.78 is 1.71. The molecule has 0 aromatic heterocycles. The van der Waals surface area contributed by atoms with E-state index in [0.717, 1.165) is 5.69 Å². The molecule has 0 unspecified atom stereocenters. The van der Waals surface area contributed by atoms with Crippen molar-refractivity contribution in [2.75, 3.05) is 0 Å². The number of nitrogens with one attached hydrogen (secondary N) is 1. The van der Waals surface area contributed by atoms with Crippen molar-refractivity contribution in [3.63, 3.8) is 0 Å². The van der Waals surface area contributed by atoms with Gasteiger partial charge in [-0.05, 0) is 35.3 Å². The number of nitrogens with two attached hydrogens (primary N) is 1. The van der Waals surface area contributed by atoms with Crippen LogP contribution in [-0.2, 0) is 4.79 Å². The summed E-state index contributed by atoms with van der Waals surface area (Å²) in [5.74, 6) is 5.28. The first-order chi connectivity index (χ1) is 11.6. The van der Waals surface area contributed by atoms with Crippen molar-refractivity contribution in [3.8, 4) is 11.8 Å². The van der Waals surface area contributed by atoms with E-state index in [1.54, 1.807) is 16.9 Å². The van der Waals surface area contributed by atoms with Crippen LogP contribution in [0.3, 0.4) is 0 Å². The zero-order valence-electron chi connectivity index (χ0n) is 13.0. The molecule has 7 nitrogen and oxygen atoms in total. The first-order valence-electron chi connectivity index (χ1n) is 7.15. The van der Waals surface area contributed by atoms with Crippen molar-refractivity contribution in [1.82, 2.24) is 5.43 Å². The van der Waals surface area contributed by atoms with E-state index >= 15 is 0 Å². The number of phenolic OH excluding ortho intramolecular Hbond substituents is 1. The molecule has 4 N–H and O–H groups in total. The molecule has 25 heavy (non-hydrogen) atoms. The molecule has 0 bridgehead atoms. The number of hydrogen-bond acceptors (Lipinski definition) is 5. The molecule has 2 aromatic carbocycles. The van der Waals surface area contributed by atoms with Gasteiger partial charge in [-0.25, -0.2) is 5.84 Å². The smallest absolute Gasteiger partial charge is 0.314 e. The molecule has 1 amide bonds. The van der Waals surface area contributed by atoms with Gasteiger partial charge < -0.3 is 5.11 Å². The number of amidine groups is 1. The van der Waals surface area contributed by atoms with E-state index in [9.17, 15) is 9.90 Å². The van der Waals surface area contributed by atoms with E-state index < -0.39 is 0 Å². The van der Waals surface area contributed by atoms with Crippen molar-refractivity contribution in [3.05, 3.63) is 53.6 Å². The minimum absolute atomic E-state index is 0.